The van der Waals surface area contributed by atoms with Gasteiger partial charge < -0.3 is 44.1 Å². The highest BCUT2D eigenvalue weighted by Crippen LogP contribution is 2.35. The Bertz CT molecular complexity index is 1680. The summed E-state index contributed by atoms with van der Waals surface area (Å²) in [4.78, 5) is 95.5. The minimum atomic E-state index is -0.507. The van der Waals surface area contributed by atoms with E-state index in [1.165, 1.54) is 84.2 Å². The van der Waals surface area contributed by atoms with Gasteiger partial charge in [-0.3, -0.25) is 33.6 Å². The minimum absolute atomic E-state index is 0.0249. The number of hydrogen-bond donors (Lipinski definition) is 2. The molecule has 0 heterocycles. The Morgan fingerprint density at radius 3 is 0.809 bits per heavy atom. The number of amides is 2. The molecule has 1 aliphatic rings. The van der Waals surface area contributed by atoms with Crippen LogP contribution in [0.15, 0.2) is 0 Å². The molecule has 16 nitrogen and oxygen atoms in total. The molecule has 0 aromatic heterocycles. The molecule has 6 unspecified atom stereocenters. The first-order chi connectivity index (χ1) is 45.5. The van der Waals surface area contributed by atoms with Crippen LogP contribution in [0.25, 0.3) is 0 Å². The molecule has 0 aromatic carbocycles. The molecule has 2 N–H and O–H groups in total. The second-order valence-electron chi connectivity index (χ2n) is 28.3. The summed E-state index contributed by atoms with van der Waals surface area (Å²) in [5, 5.41) is 6.29. The molecule has 2 amide bonds. The molecule has 1 fully saturated rings. The maximum atomic E-state index is 13.7. The fraction of sp³-hybridized carbons (Fsp3) is 0.910. The van der Waals surface area contributed by atoms with Crippen molar-refractivity contribution in [1.29, 1.82) is 0 Å². The van der Waals surface area contributed by atoms with E-state index in [2.05, 4.69) is 48.1 Å². The summed E-state index contributed by atoms with van der Waals surface area (Å²) in [5.74, 6) is -2.32. The van der Waals surface area contributed by atoms with Crippen molar-refractivity contribution in [2.75, 3.05) is 59.5 Å². The molecule has 550 valence electrons. The third-order valence-electron chi connectivity index (χ3n) is 19.0. The van der Waals surface area contributed by atoms with E-state index in [1.54, 1.807) is 0 Å². The second kappa shape index (κ2) is 61.5. The topological polar surface area (TPSA) is 196 Å². The summed E-state index contributed by atoms with van der Waals surface area (Å²) in [7, 11) is 1.37. The SMILES string of the molecule is CCCCCCC(C)OC(=O)CCCCCN(CCCCCCNC(=O)C1CC(C(=O)NCCCCCCN(CCCCCC(=O)OC(C)CCCCCC)CCCCCC(=O)OC(C)CCCCCC)CC(C(=O)OC)C1)CCCCCC(=O)OC(C)CCCCCC. The monoisotopic (exact) mass is 1330 g/mol. The zero-order chi connectivity index (χ0) is 69.1. The van der Waals surface area contributed by atoms with Crippen molar-refractivity contribution in [2.24, 2.45) is 17.8 Å². The number of rotatable bonds is 65. The number of hydrogen-bond acceptors (Lipinski definition) is 14. The summed E-state index contributed by atoms with van der Waals surface area (Å²) < 4.78 is 27.9. The largest absolute Gasteiger partial charge is 0.469 e. The molecular weight excluding hydrogens is 1180 g/mol. The molecule has 0 radical (unpaired) electrons. The van der Waals surface area contributed by atoms with Crippen LogP contribution in [0.5, 0.6) is 0 Å². The van der Waals surface area contributed by atoms with E-state index in [4.69, 9.17) is 23.7 Å². The predicted octanol–water partition coefficient (Wildman–Crippen LogP) is 18.0. The summed E-state index contributed by atoms with van der Waals surface area (Å²) in [5.41, 5.74) is 0. The Morgan fingerprint density at radius 1 is 0.319 bits per heavy atom. The molecule has 1 rings (SSSR count). The molecule has 94 heavy (non-hydrogen) atoms. The van der Waals surface area contributed by atoms with Crippen molar-refractivity contribution in [3.8, 4) is 0 Å². The van der Waals surface area contributed by atoms with Gasteiger partial charge in [-0.15, -0.1) is 0 Å². The number of methoxy groups -OCH3 is 1. The third-order valence-corrected chi connectivity index (χ3v) is 19.0. The first-order valence-electron chi connectivity index (χ1n) is 39.4. The molecule has 0 aliphatic heterocycles. The fourth-order valence-electron chi connectivity index (χ4n) is 13.0. The Balaban J connectivity index is 2.64. The lowest BCUT2D eigenvalue weighted by atomic mass is 9.74. The average molecular weight is 1330 g/mol. The molecule has 6 atom stereocenters. The van der Waals surface area contributed by atoms with Crippen molar-refractivity contribution in [1.82, 2.24) is 20.4 Å². The van der Waals surface area contributed by atoms with Crippen molar-refractivity contribution in [2.45, 2.75) is 382 Å². The summed E-state index contributed by atoms with van der Waals surface area (Å²) >= 11 is 0. The number of nitrogens with zero attached hydrogens (tertiary/aromatic N) is 2. The van der Waals surface area contributed by atoms with Crippen LogP contribution in [0, 0.1) is 17.8 Å². The van der Waals surface area contributed by atoms with Gasteiger partial charge in [0.2, 0.25) is 11.8 Å². The number of carbonyl (C=O) groups excluding carboxylic acids is 7. The number of unbranched alkanes of at least 4 members (excludes halogenated alkanes) is 26. The smallest absolute Gasteiger partial charge is 0.308 e. The fourth-order valence-corrected chi connectivity index (χ4v) is 13.0. The molecule has 1 saturated carbocycles. The second-order valence-corrected chi connectivity index (χ2v) is 28.3. The lowest BCUT2D eigenvalue weighted by molar-refractivity contribution is -0.150. The maximum absolute atomic E-state index is 13.7. The van der Waals surface area contributed by atoms with Gasteiger partial charge in [0, 0.05) is 50.6 Å². The minimum Gasteiger partial charge on any atom is -0.469 e. The highest BCUT2D eigenvalue weighted by Gasteiger charge is 2.39. The van der Waals surface area contributed by atoms with Gasteiger partial charge in [0.15, 0.2) is 0 Å². The van der Waals surface area contributed by atoms with Crippen molar-refractivity contribution in [3.63, 3.8) is 0 Å². The Labute approximate surface area is 575 Å². The van der Waals surface area contributed by atoms with Crippen LogP contribution in [-0.4, -0.2) is 135 Å². The molecule has 1 aliphatic carbocycles. The van der Waals surface area contributed by atoms with E-state index >= 15 is 0 Å². The first-order valence-corrected chi connectivity index (χ1v) is 39.4. The highest BCUT2D eigenvalue weighted by molar-refractivity contribution is 5.84. The van der Waals surface area contributed by atoms with E-state index in [1.807, 2.05) is 27.7 Å². The average Bonchev–Trinajstić information content (AvgIpc) is 0.848. The van der Waals surface area contributed by atoms with Crippen LogP contribution in [0.1, 0.15) is 357 Å². The zero-order valence-electron chi connectivity index (χ0n) is 62.2. The Hall–Kier alpha value is -3.79. The lowest BCUT2D eigenvalue weighted by Crippen LogP contribution is -2.43. The van der Waals surface area contributed by atoms with Gasteiger partial charge in [0.05, 0.1) is 37.4 Å². The summed E-state index contributed by atoms with van der Waals surface area (Å²) in [6.07, 6.45) is 44.5. The number of esters is 5. The number of nitrogens with one attached hydrogen (secondary N) is 2. The van der Waals surface area contributed by atoms with Crippen LogP contribution in [0.4, 0.5) is 0 Å². The molecule has 0 spiro atoms. The first kappa shape index (κ1) is 88.2. The van der Waals surface area contributed by atoms with E-state index in [0.29, 0.717) is 58.0 Å². The van der Waals surface area contributed by atoms with Crippen LogP contribution in [-0.2, 0) is 57.2 Å². The number of ether oxygens (including phenoxy) is 5. The van der Waals surface area contributed by atoms with Crippen molar-refractivity contribution >= 4 is 41.7 Å². The standard InChI is InChI=1S/C78H146N4O12/c1-10-14-18-30-46-65(5)91-72(83)50-34-26-42-58-81(59-43-27-35-51-73(84)92-66(6)47-31-19-15-11-2)56-40-24-22-38-54-79-76(87)69-62-70(64-71(63-69)78(89)90-9)77(88)80-55-39-23-25-41-57-82(60-44-28-36-52-74(85)93-67(7)48-32-20-16-12-3)61-45-29-37-53-75(86)94-68(8)49-33-21-17-13-4/h65-71H,10-64H2,1-9H3,(H,79,87)(H,80,88). The van der Waals surface area contributed by atoms with Crippen LogP contribution >= 0.6 is 0 Å². The normalized spacial score (nSPS) is 16.1. The van der Waals surface area contributed by atoms with E-state index in [9.17, 15) is 33.6 Å². The van der Waals surface area contributed by atoms with Gasteiger partial charge in [-0.05, 0) is 215 Å². The number of carbonyl (C=O) groups is 7. The molecule has 0 saturated heterocycles. The quantitative estimate of drug-likeness (QED) is 0.0331. The van der Waals surface area contributed by atoms with Gasteiger partial charge in [-0.1, -0.05) is 156 Å². The van der Waals surface area contributed by atoms with E-state index in [-0.39, 0.29) is 66.1 Å². The summed E-state index contributed by atoms with van der Waals surface area (Å²) in [6, 6.07) is 0. The maximum Gasteiger partial charge on any atom is 0.308 e. The van der Waals surface area contributed by atoms with Gasteiger partial charge in [-0.25, -0.2) is 0 Å². The molecule has 0 bridgehead atoms. The van der Waals surface area contributed by atoms with Gasteiger partial charge in [0.1, 0.15) is 0 Å². The Morgan fingerprint density at radius 2 is 0.553 bits per heavy atom. The zero-order valence-corrected chi connectivity index (χ0v) is 62.2. The van der Waals surface area contributed by atoms with Gasteiger partial charge in [-0.2, -0.15) is 0 Å². The molecule has 0 aromatic rings. The highest BCUT2D eigenvalue weighted by atomic mass is 16.6. The Kier molecular flexibility index (Phi) is 57.8. The van der Waals surface area contributed by atoms with E-state index in [0.717, 1.165) is 219 Å². The van der Waals surface area contributed by atoms with Gasteiger partial charge in [0.25, 0.3) is 0 Å². The van der Waals surface area contributed by atoms with Crippen LogP contribution in [0.3, 0.4) is 0 Å². The third kappa shape index (κ3) is 51.4. The lowest BCUT2D eigenvalue weighted by Gasteiger charge is -2.32. The van der Waals surface area contributed by atoms with E-state index < -0.39 is 17.8 Å². The molecule has 16 heteroatoms. The van der Waals surface area contributed by atoms with Crippen LogP contribution < -0.4 is 10.6 Å². The van der Waals surface area contributed by atoms with Crippen LogP contribution in [0.2, 0.25) is 0 Å². The van der Waals surface area contributed by atoms with Crippen molar-refractivity contribution in [3.05, 3.63) is 0 Å². The summed E-state index contributed by atoms with van der Waals surface area (Å²) in [6.45, 7) is 23.8. The molecular formula is C78H146N4O12. The van der Waals surface area contributed by atoms with Gasteiger partial charge >= 0.3 is 29.8 Å². The van der Waals surface area contributed by atoms with Crippen molar-refractivity contribution < 1.29 is 57.2 Å². The predicted molar refractivity (Wildman–Crippen MR) is 383 cm³/mol.